The average Bonchev–Trinajstić information content (AvgIpc) is 2.94. The van der Waals surface area contributed by atoms with Crippen molar-refractivity contribution in [2.24, 2.45) is 0 Å². The zero-order valence-electron chi connectivity index (χ0n) is 9.51. The number of aromatic nitrogens is 2. The molecule has 0 saturated carbocycles. The van der Waals surface area contributed by atoms with E-state index in [1.165, 1.54) is 0 Å². The van der Waals surface area contributed by atoms with E-state index in [4.69, 9.17) is 5.73 Å². The maximum absolute atomic E-state index is 11.8. The van der Waals surface area contributed by atoms with Crippen molar-refractivity contribution in [3.63, 3.8) is 0 Å². The second kappa shape index (κ2) is 5.01. The lowest BCUT2D eigenvalue weighted by atomic mass is 10.3. The number of amides is 1. The molecule has 0 saturated heterocycles. The quantitative estimate of drug-likeness (QED) is 0.863. The molecule has 3 N–H and O–H groups in total. The zero-order chi connectivity index (χ0) is 12.3. The fourth-order valence-corrected chi connectivity index (χ4v) is 2.08. The molecular formula is C11H14N4OS. The van der Waals surface area contributed by atoms with Gasteiger partial charge in [-0.2, -0.15) is 5.10 Å². The molecule has 17 heavy (non-hydrogen) atoms. The summed E-state index contributed by atoms with van der Waals surface area (Å²) in [6, 6.07) is 3.92. The third-order valence-electron chi connectivity index (χ3n) is 2.33. The van der Waals surface area contributed by atoms with E-state index in [1.54, 1.807) is 22.2 Å². The third kappa shape index (κ3) is 2.65. The first-order chi connectivity index (χ1) is 8.20. The summed E-state index contributed by atoms with van der Waals surface area (Å²) in [5.41, 5.74) is 6.43. The van der Waals surface area contributed by atoms with Gasteiger partial charge in [0.15, 0.2) is 5.69 Å². The van der Waals surface area contributed by atoms with Crippen LogP contribution in [0.5, 0.6) is 0 Å². The number of nitrogens with one attached hydrogen (secondary N) is 1. The number of carbonyl (C=O) groups is 1. The van der Waals surface area contributed by atoms with E-state index in [2.05, 4.69) is 10.4 Å². The number of nitrogens with two attached hydrogens (primary N) is 1. The average molecular weight is 250 g/mol. The van der Waals surface area contributed by atoms with Gasteiger partial charge in [-0.15, -0.1) is 11.3 Å². The van der Waals surface area contributed by atoms with Crippen molar-refractivity contribution < 1.29 is 4.79 Å². The molecule has 0 aliphatic rings. The summed E-state index contributed by atoms with van der Waals surface area (Å²) < 4.78 is 1.65. The number of nitrogen functional groups attached to an aromatic ring is 1. The number of rotatable bonds is 4. The summed E-state index contributed by atoms with van der Waals surface area (Å²) in [6.45, 7) is 3.15. The summed E-state index contributed by atoms with van der Waals surface area (Å²) >= 11 is 1.60. The molecule has 0 aromatic carbocycles. The van der Waals surface area contributed by atoms with Crippen LogP contribution in [0.25, 0.3) is 0 Å². The largest absolute Gasteiger partial charge is 0.396 e. The lowest BCUT2D eigenvalue weighted by Gasteiger charge is -2.01. The Balaban J connectivity index is 2.01. The highest BCUT2D eigenvalue weighted by Gasteiger charge is 2.14. The number of nitrogens with zero attached hydrogens (tertiary/aromatic N) is 2. The fraction of sp³-hybridized carbons (Fsp3) is 0.273. The highest BCUT2D eigenvalue weighted by atomic mass is 32.1. The van der Waals surface area contributed by atoms with Crippen molar-refractivity contribution in [3.8, 4) is 0 Å². The predicted octanol–water partition coefficient (Wildman–Crippen LogP) is 1.48. The molecule has 0 aliphatic heterocycles. The van der Waals surface area contributed by atoms with E-state index >= 15 is 0 Å². The molecule has 0 unspecified atom stereocenters. The number of thiophene rings is 1. The van der Waals surface area contributed by atoms with Crippen molar-refractivity contribution in [1.29, 1.82) is 0 Å². The molecule has 0 spiro atoms. The molecule has 2 aromatic rings. The maximum atomic E-state index is 11.8. The second-order valence-electron chi connectivity index (χ2n) is 3.55. The molecule has 6 heteroatoms. The number of aryl methyl sites for hydroxylation is 1. The minimum atomic E-state index is -0.233. The molecule has 0 bridgehead atoms. The first-order valence-electron chi connectivity index (χ1n) is 5.34. The Kier molecular flexibility index (Phi) is 3.43. The topological polar surface area (TPSA) is 72.9 Å². The summed E-state index contributed by atoms with van der Waals surface area (Å²) in [7, 11) is 0. The van der Waals surface area contributed by atoms with Gasteiger partial charge in [0, 0.05) is 17.6 Å². The molecular weight excluding hydrogens is 236 g/mol. The van der Waals surface area contributed by atoms with Gasteiger partial charge in [-0.3, -0.25) is 9.48 Å². The first kappa shape index (κ1) is 11.7. The predicted molar refractivity (Wildman–Crippen MR) is 67.8 cm³/mol. The molecule has 0 radical (unpaired) electrons. The van der Waals surface area contributed by atoms with Gasteiger partial charge < -0.3 is 11.1 Å². The molecule has 2 heterocycles. The number of hydrogen-bond acceptors (Lipinski definition) is 4. The van der Waals surface area contributed by atoms with Gasteiger partial charge in [0.1, 0.15) is 0 Å². The summed E-state index contributed by atoms with van der Waals surface area (Å²) in [5, 5.41) is 8.88. The highest BCUT2D eigenvalue weighted by Crippen LogP contribution is 2.11. The van der Waals surface area contributed by atoms with Crippen LogP contribution in [0.1, 0.15) is 22.3 Å². The van der Waals surface area contributed by atoms with Crippen molar-refractivity contribution in [2.75, 3.05) is 5.73 Å². The number of hydrogen-bond donors (Lipinski definition) is 2. The van der Waals surface area contributed by atoms with Crippen molar-refractivity contribution in [2.45, 2.75) is 20.0 Å². The summed E-state index contributed by atoms with van der Waals surface area (Å²) in [5.74, 6) is -0.233. The van der Waals surface area contributed by atoms with E-state index < -0.39 is 0 Å². The van der Waals surface area contributed by atoms with Crippen LogP contribution in [0.4, 0.5) is 5.69 Å². The van der Waals surface area contributed by atoms with E-state index in [-0.39, 0.29) is 5.91 Å². The maximum Gasteiger partial charge on any atom is 0.274 e. The van der Waals surface area contributed by atoms with Gasteiger partial charge in [0.2, 0.25) is 0 Å². The highest BCUT2D eigenvalue weighted by molar-refractivity contribution is 7.09. The second-order valence-corrected chi connectivity index (χ2v) is 4.58. The molecule has 2 rings (SSSR count). The van der Waals surface area contributed by atoms with Gasteiger partial charge >= 0.3 is 0 Å². The van der Waals surface area contributed by atoms with E-state index in [1.807, 2.05) is 24.4 Å². The van der Waals surface area contributed by atoms with Crippen molar-refractivity contribution >= 4 is 22.9 Å². The normalized spacial score (nSPS) is 10.4. The monoisotopic (exact) mass is 250 g/mol. The Morgan fingerprint density at radius 3 is 3.06 bits per heavy atom. The Morgan fingerprint density at radius 1 is 1.65 bits per heavy atom. The van der Waals surface area contributed by atoms with Gasteiger partial charge in [-0.25, -0.2) is 0 Å². The Morgan fingerprint density at radius 2 is 2.47 bits per heavy atom. The first-order valence-corrected chi connectivity index (χ1v) is 6.22. The Hall–Kier alpha value is -1.82. The van der Waals surface area contributed by atoms with Gasteiger partial charge in [-0.05, 0) is 18.4 Å². The van der Waals surface area contributed by atoms with Crippen LogP contribution in [0.3, 0.4) is 0 Å². The van der Waals surface area contributed by atoms with Crippen LogP contribution in [-0.2, 0) is 13.1 Å². The zero-order valence-corrected chi connectivity index (χ0v) is 10.3. The molecule has 90 valence electrons. The molecule has 2 aromatic heterocycles. The van der Waals surface area contributed by atoms with E-state index in [9.17, 15) is 4.79 Å². The molecule has 0 aliphatic carbocycles. The minimum Gasteiger partial charge on any atom is -0.396 e. The van der Waals surface area contributed by atoms with Crippen LogP contribution in [-0.4, -0.2) is 15.7 Å². The van der Waals surface area contributed by atoms with E-state index in [0.717, 1.165) is 4.88 Å². The lowest BCUT2D eigenvalue weighted by Crippen LogP contribution is -2.23. The van der Waals surface area contributed by atoms with Gasteiger partial charge in [0.25, 0.3) is 5.91 Å². The Labute approximate surface area is 103 Å². The van der Waals surface area contributed by atoms with Gasteiger partial charge in [0.05, 0.1) is 12.2 Å². The minimum absolute atomic E-state index is 0.233. The fourth-order valence-electron chi connectivity index (χ4n) is 1.44. The van der Waals surface area contributed by atoms with Gasteiger partial charge in [-0.1, -0.05) is 6.07 Å². The number of anilines is 1. The molecule has 1 amide bonds. The van der Waals surface area contributed by atoms with E-state index in [0.29, 0.717) is 24.5 Å². The van der Waals surface area contributed by atoms with Crippen LogP contribution in [0, 0.1) is 0 Å². The number of carbonyl (C=O) groups excluding carboxylic acids is 1. The summed E-state index contributed by atoms with van der Waals surface area (Å²) in [4.78, 5) is 12.9. The SMILES string of the molecule is CCn1cc(N)c(C(=O)NCc2cccs2)n1. The van der Waals surface area contributed by atoms with Crippen LogP contribution in [0.2, 0.25) is 0 Å². The summed E-state index contributed by atoms with van der Waals surface area (Å²) in [6.07, 6.45) is 1.67. The standard InChI is InChI=1S/C11H14N4OS/c1-2-15-7-9(12)10(14-15)11(16)13-6-8-4-3-5-17-8/h3-5,7H,2,6,12H2,1H3,(H,13,16). The lowest BCUT2D eigenvalue weighted by molar-refractivity contribution is 0.0946. The van der Waals surface area contributed by atoms with Crippen LogP contribution < -0.4 is 11.1 Å². The van der Waals surface area contributed by atoms with Crippen molar-refractivity contribution in [1.82, 2.24) is 15.1 Å². The Bertz CT molecular complexity index is 504. The molecule has 0 atom stereocenters. The smallest absolute Gasteiger partial charge is 0.274 e. The molecule has 5 nitrogen and oxygen atoms in total. The van der Waals surface area contributed by atoms with Crippen LogP contribution in [0.15, 0.2) is 23.7 Å². The third-order valence-corrected chi connectivity index (χ3v) is 3.21. The van der Waals surface area contributed by atoms with Crippen molar-refractivity contribution in [3.05, 3.63) is 34.3 Å². The van der Waals surface area contributed by atoms with Crippen LogP contribution >= 0.6 is 11.3 Å². The molecule has 0 fully saturated rings.